The van der Waals surface area contributed by atoms with Crippen molar-refractivity contribution >= 4 is 51.6 Å². The second-order valence-electron chi connectivity index (χ2n) is 9.47. The first-order valence-corrected chi connectivity index (χ1v) is 11.3. The van der Waals surface area contributed by atoms with E-state index in [-0.39, 0.29) is 6.42 Å². The summed E-state index contributed by atoms with van der Waals surface area (Å²) in [6.07, 6.45) is 0.624. The van der Waals surface area contributed by atoms with E-state index in [1.165, 1.54) is 23.6 Å². The van der Waals surface area contributed by atoms with Gasteiger partial charge in [0, 0.05) is 28.6 Å². The van der Waals surface area contributed by atoms with Gasteiger partial charge in [0.15, 0.2) is 0 Å². The van der Waals surface area contributed by atoms with Gasteiger partial charge in [0.25, 0.3) is 0 Å². The first-order chi connectivity index (χ1) is 14.6. The molecule has 0 spiro atoms. The molecule has 0 bridgehead atoms. The van der Waals surface area contributed by atoms with E-state index < -0.39 is 35.4 Å². The van der Waals surface area contributed by atoms with Crippen LogP contribution in [0.2, 0.25) is 0 Å². The number of likely N-dealkylation sites (N-methyl/N-ethyl adjacent to an activating group) is 1. The lowest BCUT2D eigenvalue weighted by molar-refractivity contribution is -0.146. The Kier molecular flexibility index (Phi) is 7.85. The van der Waals surface area contributed by atoms with E-state index in [4.69, 9.17) is 14.2 Å². The van der Waals surface area contributed by atoms with Gasteiger partial charge < -0.3 is 14.2 Å². The number of hydrogen-bond donors (Lipinski definition) is 0. The van der Waals surface area contributed by atoms with Gasteiger partial charge in [-0.15, -0.1) is 0 Å². The zero-order chi connectivity index (χ0) is 24.4. The summed E-state index contributed by atoms with van der Waals surface area (Å²) in [7, 11) is 2.76. The summed E-state index contributed by atoms with van der Waals surface area (Å²) in [6, 6.07) is 4.63. The zero-order valence-electron chi connectivity index (χ0n) is 19.8. The lowest BCUT2D eigenvalue weighted by Crippen LogP contribution is -2.46. The van der Waals surface area contributed by atoms with Crippen molar-refractivity contribution in [1.29, 1.82) is 0 Å². The van der Waals surface area contributed by atoms with Crippen LogP contribution in [0.3, 0.4) is 0 Å². The van der Waals surface area contributed by atoms with Gasteiger partial charge in [-0.3, -0.25) is 9.47 Å². The highest BCUT2D eigenvalue weighted by Gasteiger charge is 2.33. The average Bonchev–Trinajstić information content (AvgIpc) is 3.02. The van der Waals surface area contributed by atoms with Crippen molar-refractivity contribution < 1.29 is 28.6 Å². The second-order valence-corrected chi connectivity index (χ2v) is 10.6. The molecule has 0 aliphatic heterocycles. The Morgan fingerprint density at radius 3 is 2.19 bits per heavy atom. The van der Waals surface area contributed by atoms with Crippen LogP contribution in [-0.4, -0.2) is 59.0 Å². The third-order valence-electron chi connectivity index (χ3n) is 4.48. The number of esters is 1. The summed E-state index contributed by atoms with van der Waals surface area (Å²) >= 11 is 2.18. The number of amides is 1. The molecular formula is C23H31IN2O6. The molecule has 0 radical (unpaired) electrons. The fraction of sp³-hybridized carbons (Fsp3) is 0.522. The highest BCUT2D eigenvalue weighted by atomic mass is 127. The Bertz CT molecular complexity index is 1020. The maximum absolute atomic E-state index is 12.8. The molecule has 2 rings (SSSR count). The summed E-state index contributed by atoms with van der Waals surface area (Å²) in [4.78, 5) is 39.3. The molecule has 8 nitrogen and oxygen atoms in total. The highest BCUT2D eigenvalue weighted by Crippen LogP contribution is 2.29. The third kappa shape index (κ3) is 6.36. The number of carbonyl (C=O) groups excluding carboxylic acids is 3. The van der Waals surface area contributed by atoms with Crippen LogP contribution in [0, 0.1) is 3.57 Å². The molecule has 1 heterocycles. The van der Waals surface area contributed by atoms with Crippen LogP contribution in [0.15, 0.2) is 24.4 Å². The normalized spacial score (nSPS) is 12.9. The highest BCUT2D eigenvalue weighted by molar-refractivity contribution is 14.1. The fourth-order valence-corrected chi connectivity index (χ4v) is 3.95. The van der Waals surface area contributed by atoms with Gasteiger partial charge in [0.1, 0.15) is 17.2 Å². The molecule has 0 aliphatic rings. The van der Waals surface area contributed by atoms with Crippen molar-refractivity contribution in [3.63, 3.8) is 0 Å². The van der Waals surface area contributed by atoms with E-state index in [1.54, 1.807) is 47.7 Å². The standard InChI is InChI=1S/C23H31IN2O6/c1-22(2,3)31-20(28)25(7)17(19(27)30-8)12-14-13-26(21(29)32-23(4,5)6)16-11-9-10-15(24)18(14)16/h9-11,13,17H,12H2,1-8H3/t17-/m0/s1. The zero-order valence-corrected chi connectivity index (χ0v) is 22.0. The number of rotatable bonds is 4. The topological polar surface area (TPSA) is 87.1 Å². The fourth-order valence-electron chi connectivity index (χ4n) is 3.12. The van der Waals surface area contributed by atoms with E-state index in [9.17, 15) is 14.4 Å². The van der Waals surface area contributed by atoms with Crippen molar-refractivity contribution in [2.75, 3.05) is 14.2 Å². The lowest BCUT2D eigenvalue weighted by Gasteiger charge is -2.29. The number of ether oxygens (including phenoxy) is 3. The predicted octanol–water partition coefficient (Wildman–Crippen LogP) is 4.98. The first kappa shape index (κ1) is 26.0. The number of nitrogens with zero attached hydrogens (tertiary/aromatic N) is 2. The van der Waals surface area contributed by atoms with Crippen LogP contribution < -0.4 is 0 Å². The SMILES string of the molecule is COC(=O)[C@H](Cc1cn(C(=O)OC(C)(C)C)c2cccc(I)c12)N(C)C(=O)OC(C)(C)C. The van der Waals surface area contributed by atoms with Gasteiger partial charge in [-0.2, -0.15) is 0 Å². The van der Waals surface area contributed by atoms with Gasteiger partial charge >= 0.3 is 18.2 Å². The van der Waals surface area contributed by atoms with Crippen molar-refractivity contribution in [2.45, 2.75) is 65.2 Å². The first-order valence-electron chi connectivity index (χ1n) is 10.2. The van der Waals surface area contributed by atoms with Crippen molar-refractivity contribution in [1.82, 2.24) is 9.47 Å². The van der Waals surface area contributed by atoms with E-state index in [2.05, 4.69) is 22.6 Å². The molecule has 0 saturated carbocycles. The smallest absolute Gasteiger partial charge is 0.419 e. The number of hydrogen-bond acceptors (Lipinski definition) is 6. The molecule has 0 saturated heterocycles. The Hall–Kier alpha value is -2.30. The molecule has 9 heteroatoms. The minimum absolute atomic E-state index is 0.134. The minimum atomic E-state index is -0.941. The second kappa shape index (κ2) is 9.68. The molecule has 176 valence electrons. The maximum atomic E-state index is 12.8. The Morgan fingerprint density at radius 1 is 1.06 bits per heavy atom. The summed E-state index contributed by atoms with van der Waals surface area (Å²) < 4.78 is 18.3. The Morgan fingerprint density at radius 2 is 1.66 bits per heavy atom. The van der Waals surface area contributed by atoms with Gasteiger partial charge in [0.05, 0.1) is 12.6 Å². The predicted molar refractivity (Wildman–Crippen MR) is 130 cm³/mol. The Labute approximate surface area is 202 Å². The summed E-state index contributed by atoms with van der Waals surface area (Å²) in [5, 5.41) is 0.811. The number of benzene rings is 1. The van der Waals surface area contributed by atoms with Crippen LogP contribution in [0.1, 0.15) is 47.1 Å². The lowest BCUT2D eigenvalue weighted by atomic mass is 10.0. The number of aromatic nitrogens is 1. The van der Waals surface area contributed by atoms with Crippen LogP contribution in [0.25, 0.3) is 10.9 Å². The summed E-state index contributed by atoms with van der Waals surface area (Å²) in [5.74, 6) is -0.581. The summed E-state index contributed by atoms with van der Waals surface area (Å²) in [6.45, 7) is 10.6. The number of fused-ring (bicyclic) bond motifs is 1. The van der Waals surface area contributed by atoms with Crippen molar-refractivity contribution in [3.8, 4) is 0 Å². The molecule has 0 fully saturated rings. The quantitative estimate of drug-likeness (QED) is 0.299. The van der Waals surface area contributed by atoms with Gasteiger partial charge in [-0.1, -0.05) is 6.07 Å². The van der Waals surface area contributed by atoms with E-state index >= 15 is 0 Å². The number of halogens is 1. The molecule has 0 aliphatic carbocycles. The average molecular weight is 558 g/mol. The number of methoxy groups -OCH3 is 1. The van der Waals surface area contributed by atoms with E-state index in [1.807, 2.05) is 18.2 Å². The van der Waals surface area contributed by atoms with Crippen LogP contribution in [0.4, 0.5) is 9.59 Å². The molecule has 1 aromatic heterocycles. The van der Waals surface area contributed by atoms with Gasteiger partial charge in [-0.05, 0) is 81.8 Å². The minimum Gasteiger partial charge on any atom is -0.467 e. The molecule has 32 heavy (non-hydrogen) atoms. The van der Waals surface area contributed by atoms with Crippen LogP contribution in [-0.2, 0) is 25.4 Å². The Balaban J connectivity index is 2.51. The van der Waals surface area contributed by atoms with Crippen molar-refractivity contribution in [2.24, 2.45) is 0 Å². The van der Waals surface area contributed by atoms with Gasteiger partial charge in [-0.25, -0.2) is 14.4 Å². The van der Waals surface area contributed by atoms with Crippen LogP contribution >= 0.6 is 22.6 Å². The summed E-state index contributed by atoms with van der Waals surface area (Å²) in [5.41, 5.74) is -0.0126. The maximum Gasteiger partial charge on any atom is 0.419 e. The van der Waals surface area contributed by atoms with Crippen molar-refractivity contribution in [3.05, 3.63) is 33.5 Å². The molecule has 0 N–H and O–H groups in total. The van der Waals surface area contributed by atoms with Crippen LogP contribution in [0.5, 0.6) is 0 Å². The monoisotopic (exact) mass is 558 g/mol. The van der Waals surface area contributed by atoms with E-state index in [0.717, 1.165) is 8.96 Å². The molecule has 0 unspecified atom stereocenters. The third-order valence-corrected chi connectivity index (χ3v) is 5.38. The largest absolute Gasteiger partial charge is 0.467 e. The number of carbonyl (C=O) groups is 3. The molecule has 1 amide bonds. The molecule has 2 aromatic rings. The van der Waals surface area contributed by atoms with E-state index in [0.29, 0.717) is 11.1 Å². The molecule has 1 aromatic carbocycles. The molecular weight excluding hydrogens is 527 g/mol. The molecule has 1 atom stereocenters. The van der Waals surface area contributed by atoms with Gasteiger partial charge in [0.2, 0.25) is 0 Å².